The minimum atomic E-state index is 0.702. The number of hydrogen-bond acceptors (Lipinski definition) is 2. The molecule has 4 heteroatoms. The van der Waals surface area contributed by atoms with E-state index in [0.29, 0.717) is 5.02 Å². The van der Waals surface area contributed by atoms with Crippen molar-refractivity contribution in [3.8, 4) is 11.4 Å². The highest BCUT2D eigenvalue weighted by molar-refractivity contribution is 6.30. The van der Waals surface area contributed by atoms with Crippen molar-refractivity contribution in [2.24, 2.45) is 0 Å². The number of rotatable bonds is 1. The van der Waals surface area contributed by atoms with Crippen molar-refractivity contribution in [1.82, 2.24) is 15.0 Å². The number of nitrogens with one attached hydrogen (secondary N) is 1. The molecule has 1 N–H and O–H groups in total. The normalized spacial score (nSPS) is 10.9. The largest absolute Gasteiger partial charge is 0.336 e. The third kappa shape index (κ3) is 1.78. The molecule has 3 nitrogen and oxygen atoms in total. The molecule has 0 aliphatic carbocycles. The number of fused-ring (bicyclic) bond motifs is 1. The van der Waals surface area contributed by atoms with E-state index in [-0.39, 0.29) is 0 Å². The van der Waals surface area contributed by atoms with E-state index in [2.05, 4.69) is 15.0 Å². The summed E-state index contributed by atoms with van der Waals surface area (Å²) in [6.45, 7) is 2.03. The number of imidazole rings is 1. The van der Waals surface area contributed by atoms with Crippen LogP contribution in [0.15, 0.2) is 36.5 Å². The summed E-state index contributed by atoms with van der Waals surface area (Å²) in [5.74, 6) is 0.796. The predicted molar refractivity (Wildman–Crippen MR) is 69.1 cm³/mol. The van der Waals surface area contributed by atoms with Crippen LogP contribution in [0.4, 0.5) is 0 Å². The van der Waals surface area contributed by atoms with Gasteiger partial charge in [0.15, 0.2) is 5.65 Å². The molecule has 0 bridgehead atoms. The average Bonchev–Trinajstić information content (AvgIpc) is 2.74. The molecule has 0 aliphatic heterocycles. The van der Waals surface area contributed by atoms with Crippen LogP contribution in [-0.2, 0) is 0 Å². The first-order valence-corrected chi connectivity index (χ1v) is 5.69. The number of aryl methyl sites for hydroxylation is 1. The lowest BCUT2D eigenvalue weighted by Crippen LogP contribution is -1.79. The molecule has 0 radical (unpaired) electrons. The fraction of sp³-hybridized carbons (Fsp3) is 0.0769. The quantitative estimate of drug-likeness (QED) is 0.710. The van der Waals surface area contributed by atoms with Gasteiger partial charge in [0, 0.05) is 16.8 Å². The minimum absolute atomic E-state index is 0.702. The van der Waals surface area contributed by atoms with Crippen molar-refractivity contribution in [1.29, 1.82) is 0 Å². The van der Waals surface area contributed by atoms with E-state index in [4.69, 9.17) is 11.6 Å². The topological polar surface area (TPSA) is 41.6 Å². The summed E-state index contributed by atoms with van der Waals surface area (Å²) >= 11 is 5.97. The summed E-state index contributed by atoms with van der Waals surface area (Å²) < 4.78 is 0. The smallest absolute Gasteiger partial charge is 0.178 e. The third-order valence-corrected chi connectivity index (χ3v) is 2.93. The van der Waals surface area contributed by atoms with Crippen LogP contribution in [0.2, 0.25) is 5.02 Å². The van der Waals surface area contributed by atoms with Gasteiger partial charge >= 0.3 is 0 Å². The SMILES string of the molecule is Cc1ccnc2nc(-c3cccc(Cl)c3)[nH]c12. The monoisotopic (exact) mass is 243 g/mol. The van der Waals surface area contributed by atoms with Crippen LogP contribution in [0.25, 0.3) is 22.6 Å². The molecular weight excluding hydrogens is 234 g/mol. The van der Waals surface area contributed by atoms with Crippen molar-refractivity contribution < 1.29 is 0 Å². The number of halogens is 1. The van der Waals surface area contributed by atoms with Gasteiger partial charge in [-0.25, -0.2) is 9.97 Å². The van der Waals surface area contributed by atoms with Gasteiger partial charge in [0.25, 0.3) is 0 Å². The van der Waals surface area contributed by atoms with Gasteiger partial charge in [-0.15, -0.1) is 0 Å². The Hall–Kier alpha value is -1.87. The molecular formula is C13H10ClN3. The van der Waals surface area contributed by atoms with Crippen LogP contribution >= 0.6 is 11.6 Å². The summed E-state index contributed by atoms with van der Waals surface area (Å²) in [5.41, 5.74) is 3.81. The molecule has 1 aromatic carbocycles. The van der Waals surface area contributed by atoms with Gasteiger partial charge < -0.3 is 4.98 Å². The number of aromatic nitrogens is 3. The molecule has 0 saturated heterocycles. The standard InChI is InChI=1S/C13H10ClN3/c1-8-5-6-15-13-11(8)16-12(17-13)9-3-2-4-10(14)7-9/h2-7H,1H3,(H,15,16,17). The molecule has 3 rings (SSSR count). The highest BCUT2D eigenvalue weighted by Gasteiger charge is 2.07. The van der Waals surface area contributed by atoms with Crippen molar-refractivity contribution in [2.45, 2.75) is 6.92 Å². The molecule has 3 aromatic rings. The maximum Gasteiger partial charge on any atom is 0.178 e. The van der Waals surface area contributed by atoms with E-state index in [1.54, 1.807) is 6.20 Å². The number of benzene rings is 1. The molecule has 0 spiro atoms. The number of nitrogens with zero attached hydrogens (tertiary/aromatic N) is 2. The van der Waals surface area contributed by atoms with Crippen LogP contribution in [0.5, 0.6) is 0 Å². The highest BCUT2D eigenvalue weighted by Crippen LogP contribution is 2.23. The Kier molecular flexibility index (Phi) is 2.34. The Morgan fingerprint density at radius 1 is 1.24 bits per heavy atom. The fourth-order valence-electron chi connectivity index (χ4n) is 1.81. The third-order valence-electron chi connectivity index (χ3n) is 2.70. The Morgan fingerprint density at radius 3 is 2.88 bits per heavy atom. The van der Waals surface area contributed by atoms with E-state index < -0.39 is 0 Å². The minimum Gasteiger partial charge on any atom is -0.336 e. The lowest BCUT2D eigenvalue weighted by molar-refractivity contribution is 1.30. The van der Waals surface area contributed by atoms with Crippen LogP contribution in [0.3, 0.4) is 0 Å². The van der Waals surface area contributed by atoms with Gasteiger partial charge in [-0.1, -0.05) is 23.7 Å². The number of H-pyrrole nitrogens is 1. The summed E-state index contributed by atoms with van der Waals surface area (Å²) in [7, 11) is 0. The Labute approximate surface area is 103 Å². The van der Waals surface area contributed by atoms with E-state index >= 15 is 0 Å². The van der Waals surface area contributed by atoms with Crippen molar-refractivity contribution in [3.05, 3.63) is 47.1 Å². The van der Waals surface area contributed by atoms with E-state index in [1.165, 1.54) is 0 Å². The zero-order valence-electron chi connectivity index (χ0n) is 9.24. The first-order valence-electron chi connectivity index (χ1n) is 5.31. The van der Waals surface area contributed by atoms with Crippen LogP contribution in [0, 0.1) is 6.92 Å². The molecule has 17 heavy (non-hydrogen) atoms. The first kappa shape index (κ1) is 10.3. The molecule has 0 aliphatic rings. The van der Waals surface area contributed by atoms with Crippen LogP contribution < -0.4 is 0 Å². The summed E-state index contributed by atoms with van der Waals surface area (Å²) in [6, 6.07) is 9.57. The van der Waals surface area contributed by atoms with Gasteiger partial charge in [0.05, 0.1) is 5.52 Å². The zero-order valence-corrected chi connectivity index (χ0v) is 9.99. The number of pyridine rings is 1. The van der Waals surface area contributed by atoms with Gasteiger partial charge in [-0.05, 0) is 30.7 Å². The van der Waals surface area contributed by atoms with Gasteiger partial charge in [-0.2, -0.15) is 0 Å². The van der Waals surface area contributed by atoms with E-state index in [9.17, 15) is 0 Å². The van der Waals surface area contributed by atoms with Crippen LogP contribution in [0.1, 0.15) is 5.56 Å². The predicted octanol–water partition coefficient (Wildman–Crippen LogP) is 3.59. The molecule has 2 aromatic heterocycles. The Balaban J connectivity index is 2.22. The maximum absolute atomic E-state index is 5.97. The summed E-state index contributed by atoms with van der Waals surface area (Å²) in [5, 5.41) is 0.702. The second-order valence-electron chi connectivity index (χ2n) is 3.92. The summed E-state index contributed by atoms with van der Waals surface area (Å²) in [4.78, 5) is 12.0. The van der Waals surface area contributed by atoms with Gasteiger partial charge in [0.2, 0.25) is 0 Å². The molecule has 0 fully saturated rings. The molecule has 0 unspecified atom stereocenters. The van der Waals surface area contributed by atoms with Crippen molar-refractivity contribution >= 4 is 22.8 Å². The second-order valence-corrected chi connectivity index (χ2v) is 4.36. The fourth-order valence-corrected chi connectivity index (χ4v) is 2.00. The van der Waals surface area contributed by atoms with E-state index in [1.807, 2.05) is 37.3 Å². The first-order chi connectivity index (χ1) is 8.24. The average molecular weight is 244 g/mol. The van der Waals surface area contributed by atoms with E-state index in [0.717, 1.165) is 28.1 Å². The van der Waals surface area contributed by atoms with Crippen molar-refractivity contribution in [3.63, 3.8) is 0 Å². The van der Waals surface area contributed by atoms with Gasteiger partial charge in [0.1, 0.15) is 5.82 Å². The zero-order chi connectivity index (χ0) is 11.8. The second kappa shape index (κ2) is 3.86. The Morgan fingerprint density at radius 2 is 2.12 bits per heavy atom. The Bertz CT molecular complexity index is 688. The number of aromatic amines is 1. The van der Waals surface area contributed by atoms with Gasteiger partial charge in [-0.3, -0.25) is 0 Å². The lowest BCUT2D eigenvalue weighted by Gasteiger charge is -1.96. The van der Waals surface area contributed by atoms with Crippen molar-refractivity contribution in [2.75, 3.05) is 0 Å². The molecule has 0 saturated carbocycles. The number of hydrogen-bond donors (Lipinski definition) is 1. The highest BCUT2D eigenvalue weighted by atomic mass is 35.5. The van der Waals surface area contributed by atoms with Crippen LogP contribution in [-0.4, -0.2) is 15.0 Å². The molecule has 0 amide bonds. The molecule has 0 atom stereocenters. The maximum atomic E-state index is 5.97. The molecule has 2 heterocycles. The lowest BCUT2D eigenvalue weighted by atomic mass is 10.2. The summed E-state index contributed by atoms with van der Waals surface area (Å²) in [6.07, 6.45) is 1.76. The molecule has 84 valence electrons.